The highest BCUT2D eigenvalue weighted by molar-refractivity contribution is 5.98. The molecule has 3 aliphatic rings. The summed E-state index contributed by atoms with van der Waals surface area (Å²) >= 11 is 0. The third kappa shape index (κ3) is 1.10. The van der Waals surface area contributed by atoms with Crippen LogP contribution in [0.3, 0.4) is 0 Å². The van der Waals surface area contributed by atoms with E-state index in [9.17, 15) is 0 Å². The van der Waals surface area contributed by atoms with Crippen molar-refractivity contribution in [3.05, 3.63) is 46.9 Å². The number of fused-ring (bicyclic) bond motifs is 1. The Bertz CT molecular complexity index is 883. The smallest absolute Gasteiger partial charge is 0.116 e. The van der Waals surface area contributed by atoms with Gasteiger partial charge in [0.05, 0.1) is 23.8 Å². The molecule has 5 nitrogen and oxygen atoms in total. The van der Waals surface area contributed by atoms with Crippen molar-refractivity contribution >= 4 is 11.6 Å². The van der Waals surface area contributed by atoms with Crippen LogP contribution in [-0.2, 0) is 6.42 Å². The Hall–Kier alpha value is -2.69. The second kappa shape index (κ2) is 3.25. The van der Waals surface area contributed by atoms with Gasteiger partial charge in [-0.05, 0) is 42.2 Å². The van der Waals surface area contributed by atoms with Crippen LogP contribution in [0.2, 0.25) is 0 Å². The van der Waals surface area contributed by atoms with E-state index in [-0.39, 0.29) is 0 Å². The Morgan fingerprint density at radius 2 is 2.15 bits per heavy atom. The van der Waals surface area contributed by atoms with E-state index in [4.69, 9.17) is 0 Å². The van der Waals surface area contributed by atoms with Crippen LogP contribution in [-0.4, -0.2) is 25.2 Å². The van der Waals surface area contributed by atoms with Crippen molar-refractivity contribution in [1.82, 2.24) is 25.2 Å². The maximum Gasteiger partial charge on any atom is 0.116 e. The van der Waals surface area contributed by atoms with Gasteiger partial charge in [0.2, 0.25) is 0 Å². The summed E-state index contributed by atoms with van der Waals surface area (Å²) < 4.78 is 2.00. The number of aromatic nitrogens is 5. The molecule has 0 spiro atoms. The molecule has 0 saturated carbocycles. The van der Waals surface area contributed by atoms with Crippen molar-refractivity contribution in [2.45, 2.75) is 13.3 Å². The molecule has 5 heteroatoms. The normalized spacial score (nSPS) is 14.3. The molecule has 3 aliphatic carbocycles. The van der Waals surface area contributed by atoms with Crippen molar-refractivity contribution in [3.8, 4) is 16.9 Å². The zero-order chi connectivity index (χ0) is 13.3. The molecule has 0 fully saturated rings. The zero-order valence-corrected chi connectivity index (χ0v) is 10.9. The van der Waals surface area contributed by atoms with Crippen molar-refractivity contribution in [2.75, 3.05) is 0 Å². The van der Waals surface area contributed by atoms with Crippen LogP contribution in [0.4, 0.5) is 0 Å². The van der Waals surface area contributed by atoms with Crippen LogP contribution in [0.1, 0.15) is 22.4 Å². The molecule has 1 aromatic carbocycles. The summed E-state index contributed by atoms with van der Waals surface area (Å²) in [5.41, 5.74) is 9.62. The molecule has 0 saturated heterocycles. The highest BCUT2D eigenvalue weighted by atomic mass is 15.3. The first-order valence-corrected chi connectivity index (χ1v) is 6.60. The summed E-state index contributed by atoms with van der Waals surface area (Å²) in [7, 11) is 0. The van der Waals surface area contributed by atoms with Gasteiger partial charge in [0, 0.05) is 11.1 Å². The first kappa shape index (κ1) is 10.1. The van der Waals surface area contributed by atoms with Gasteiger partial charge in [-0.2, -0.15) is 20.5 Å². The number of hydrogen-bond donors (Lipinski definition) is 1. The van der Waals surface area contributed by atoms with Gasteiger partial charge in [-0.25, -0.2) is 4.68 Å². The Balaban J connectivity index is 1.72. The molecule has 0 atom stereocenters. The second-order valence-electron chi connectivity index (χ2n) is 5.33. The Morgan fingerprint density at radius 1 is 1.20 bits per heavy atom. The second-order valence-corrected chi connectivity index (χ2v) is 5.33. The maximum atomic E-state index is 4.54. The number of benzene rings is 1. The first-order chi connectivity index (χ1) is 9.81. The number of allylic oxidation sites excluding steroid dienone is 1. The highest BCUT2D eigenvalue weighted by Crippen LogP contribution is 2.44. The SMILES string of the molecule is Cc1c(-c2cn[nH]n2)cnn1-c1cc2c3cc1C(=C3)C2. The van der Waals surface area contributed by atoms with E-state index in [2.05, 4.69) is 45.6 Å². The largest absolute Gasteiger partial charge is 0.237 e. The highest BCUT2D eigenvalue weighted by Gasteiger charge is 2.27. The van der Waals surface area contributed by atoms with Crippen molar-refractivity contribution in [2.24, 2.45) is 0 Å². The van der Waals surface area contributed by atoms with E-state index >= 15 is 0 Å². The van der Waals surface area contributed by atoms with Crippen LogP contribution in [0, 0.1) is 6.92 Å². The fourth-order valence-electron chi connectivity index (χ4n) is 3.22. The first-order valence-electron chi connectivity index (χ1n) is 6.60. The van der Waals surface area contributed by atoms with Gasteiger partial charge in [0.15, 0.2) is 0 Å². The average Bonchev–Trinajstić information content (AvgIpc) is 3.20. The summed E-state index contributed by atoms with van der Waals surface area (Å²) in [5.74, 6) is 0. The van der Waals surface area contributed by atoms with E-state index in [0.29, 0.717) is 0 Å². The number of nitrogens with one attached hydrogen (secondary N) is 1. The van der Waals surface area contributed by atoms with Gasteiger partial charge in [0.1, 0.15) is 5.69 Å². The molecule has 0 radical (unpaired) electrons. The van der Waals surface area contributed by atoms with Crippen LogP contribution in [0.5, 0.6) is 0 Å². The number of rotatable bonds is 2. The number of hydrogen-bond acceptors (Lipinski definition) is 3. The standard InChI is InChI=1S/C15H11N5/c1-8-13(14-7-16-19-18-14)6-17-20(8)15-5-10-3-11-2-9(10)4-12(11)15/h2,4-7H,3H2,1H3,(H,16,18,19). The number of aromatic amines is 1. The predicted molar refractivity (Wildman–Crippen MR) is 75.3 cm³/mol. The van der Waals surface area contributed by atoms with E-state index in [1.165, 1.54) is 28.0 Å². The number of H-pyrrole nitrogens is 1. The third-order valence-corrected chi connectivity index (χ3v) is 4.24. The summed E-state index contributed by atoms with van der Waals surface area (Å²) in [4.78, 5) is 0. The van der Waals surface area contributed by atoms with Crippen LogP contribution in [0.15, 0.2) is 24.5 Å². The van der Waals surface area contributed by atoms with Crippen molar-refractivity contribution in [1.29, 1.82) is 0 Å². The molecular formula is C15H11N5. The molecule has 20 heavy (non-hydrogen) atoms. The summed E-state index contributed by atoms with van der Waals surface area (Å²) in [6.07, 6.45) is 6.94. The summed E-state index contributed by atoms with van der Waals surface area (Å²) in [6, 6.07) is 4.52. The quantitative estimate of drug-likeness (QED) is 0.770. The maximum absolute atomic E-state index is 4.54. The molecule has 0 unspecified atom stereocenters. The fraction of sp³-hybridized carbons (Fsp3) is 0.133. The van der Waals surface area contributed by atoms with E-state index in [1.54, 1.807) is 6.20 Å². The van der Waals surface area contributed by atoms with Gasteiger partial charge in [-0.1, -0.05) is 6.08 Å². The molecule has 6 rings (SSSR count). The minimum atomic E-state index is 0.829. The Labute approximate surface area is 114 Å². The van der Waals surface area contributed by atoms with Gasteiger partial charge in [-0.3, -0.25) is 0 Å². The molecule has 2 aromatic heterocycles. The molecular weight excluding hydrogens is 250 g/mol. The van der Waals surface area contributed by atoms with E-state index < -0.39 is 0 Å². The van der Waals surface area contributed by atoms with Crippen molar-refractivity contribution < 1.29 is 0 Å². The molecule has 3 aromatic rings. The van der Waals surface area contributed by atoms with Crippen LogP contribution in [0.25, 0.3) is 28.6 Å². The third-order valence-electron chi connectivity index (χ3n) is 4.24. The minimum Gasteiger partial charge on any atom is -0.237 e. The van der Waals surface area contributed by atoms with E-state index in [0.717, 1.165) is 23.4 Å². The fourth-order valence-corrected chi connectivity index (χ4v) is 3.22. The molecule has 0 amide bonds. The lowest BCUT2D eigenvalue weighted by atomic mass is 9.94. The summed E-state index contributed by atoms with van der Waals surface area (Å²) in [6.45, 7) is 2.07. The lowest BCUT2D eigenvalue weighted by Gasteiger charge is -2.17. The predicted octanol–water partition coefficient (Wildman–Crippen LogP) is 2.38. The van der Waals surface area contributed by atoms with Gasteiger partial charge >= 0.3 is 0 Å². The monoisotopic (exact) mass is 261 g/mol. The number of nitrogens with zero attached hydrogens (tertiary/aromatic N) is 4. The molecule has 2 heterocycles. The van der Waals surface area contributed by atoms with Gasteiger partial charge in [-0.15, -0.1) is 0 Å². The lowest BCUT2D eigenvalue weighted by Crippen LogP contribution is -2.07. The van der Waals surface area contributed by atoms with Crippen LogP contribution < -0.4 is 0 Å². The average molecular weight is 261 g/mol. The van der Waals surface area contributed by atoms with E-state index in [1.807, 2.05) is 10.9 Å². The Morgan fingerprint density at radius 3 is 2.85 bits per heavy atom. The van der Waals surface area contributed by atoms with Crippen molar-refractivity contribution in [3.63, 3.8) is 0 Å². The lowest BCUT2D eigenvalue weighted by molar-refractivity contribution is 0.839. The molecule has 0 aliphatic heterocycles. The molecule has 96 valence electrons. The molecule has 4 bridgehead atoms. The van der Waals surface area contributed by atoms with Crippen LogP contribution >= 0.6 is 0 Å². The minimum absolute atomic E-state index is 0.829. The summed E-state index contributed by atoms with van der Waals surface area (Å²) in [5, 5.41) is 15.2. The topological polar surface area (TPSA) is 59.4 Å². The van der Waals surface area contributed by atoms with Gasteiger partial charge < -0.3 is 0 Å². The molecule has 1 N–H and O–H groups in total. The zero-order valence-electron chi connectivity index (χ0n) is 10.9. The van der Waals surface area contributed by atoms with Gasteiger partial charge in [0.25, 0.3) is 0 Å². The Kier molecular flexibility index (Phi) is 1.65.